The number of alkyl halides is 3. The second-order valence-electron chi connectivity index (χ2n) is 4.88. The zero-order valence-corrected chi connectivity index (χ0v) is 11.3. The normalized spacial score (nSPS) is 20.9. The van der Waals surface area contributed by atoms with E-state index in [1.807, 2.05) is 0 Å². The molecule has 0 fully saturated rings. The third-order valence-electron chi connectivity index (χ3n) is 3.43. The summed E-state index contributed by atoms with van der Waals surface area (Å²) in [6.45, 7) is 0.236. The third kappa shape index (κ3) is 2.71. The Labute approximate surface area is 124 Å². The van der Waals surface area contributed by atoms with Crippen molar-refractivity contribution in [3.05, 3.63) is 53.9 Å². The van der Waals surface area contributed by atoms with E-state index >= 15 is 0 Å². The van der Waals surface area contributed by atoms with Crippen molar-refractivity contribution in [3.63, 3.8) is 0 Å². The number of aromatic nitrogens is 1. The molecule has 0 spiro atoms. The molecule has 0 saturated heterocycles. The lowest BCUT2D eigenvalue weighted by Gasteiger charge is -2.33. The molecule has 1 N–H and O–H groups in total. The Bertz CT molecular complexity index is 690. The van der Waals surface area contributed by atoms with Crippen LogP contribution in [-0.2, 0) is 5.60 Å². The number of benzene rings is 1. The van der Waals surface area contributed by atoms with Gasteiger partial charge in [-0.05, 0) is 29.8 Å². The number of rotatable bonds is 2. The molecule has 0 radical (unpaired) electrons. The van der Waals surface area contributed by atoms with Crippen molar-refractivity contribution in [2.24, 2.45) is 0 Å². The van der Waals surface area contributed by atoms with E-state index in [-0.39, 0.29) is 30.0 Å². The zero-order valence-electron chi connectivity index (χ0n) is 11.3. The number of ether oxygens (including phenoxy) is 2. The topological polar surface area (TPSA) is 51.6 Å². The molecule has 0 saturated carbocycles. The maximum Gasteiger partial charge on any atom is 0.573 e. The minimum absolute atomic E-state index is 0.187. The molecule has 1 atom stereocenters. The molecule has 2 heterocycles. The molecule has 1 aromatic heterocycles. The molecule has 0 amide bonds. The van der Waals surface area contributed by atoms with Crippen molar-refractivity contribution in [1.82, 2.24) is 4.98 Å². The van der Waals surface area contributed by atoms with Crippen LogP contribution in [0.25, 0.3) is 0 Å². The second-order valence-corrected chi connectivity index (χ2v) is 4.88. The molecule has 116 valence electrons. The summed E-state index contributed by atoms with van der Waals surface area (Å²) in [5.41, 5.74) is -0.956. The summed E-state index contributed by atoms with van der Waals surface area (Å²) in [6.07, 6.45) is -3.10. The Morgan fingerprint density at radius 2 is 2.05 bits per heavy atom. The zero-order chi connectivity index (χ0) is 15.8. The summed E-state index contributed by atoms with van der Waals surface area (Å²) in [5, 5.41) is 10.9. The first-order valence-electron chi connectivity index (χ1n) is 6.55. The fourth-order valence-electron chi connectivity index (χ4n) is 2.48. The van der Waals surface area contributed by atoms with Crippen molar-refractivity contribution in [2.45, 2.75) is 18.4 Å². The van der Waals surface area contributed by atoms with Crippen molar-refractivity contribution in [2.75, 3.05) is 6.61 Å². The van der Waals surface area contributed by atoms with Crippen molar-refractivity contribution in [1.29, 1.82) is 0 Å². The van der Waals surface area contributed by atoms with Crippen LogP contribution in [-0.4, -0.2) is 23.1 Å². The van der Waals surface area contributed by atoms with E-state index in [1.165, 1.54) is 24.4 Å². The van der Waals surface area contributed by atoms with Gasteiger partial charge in [0.2, 0.25) is 0 Å². The first-order chi connectivity index (χ1) is 10.4. The van der Waals surface area contributed by atoms with Crippen LogP contribution in [0.2, 0.25) is 0 Å². The van der Waals surface area contributed by atoms with E-state index in [2.05, 4.69) is 9.72 Å². The van der Waals surface area contributed by atoms with Gasteiger partial charge >= 0.3 is 6.36 Å². The summed E-state index contributed by atoms with van der Waals surface area (Å²) in [5.74, 6) is 0.0285. The quantitative estimate of drug-likeness (QED) is 0.926. The van der Waals surface area contributed by atoms with Crippen molar-refractivity contribution >= 4 is 0 Å². The van der Waals surface area contributed by atoms with Gasteiger partial charge < -0.3 is 14.6 Å². The van der Waals surface area contributed by atoms with Crippen LogP contribution in [0.15, 0.2) is 42.6 Å². The number of nitrogens with zero attached hydrogens (tertiary/aromatic N) is 1. The molecule has 0 aliphatic carbocycles. The molecule has 0 unspecified atom stereocenters. The predicted octanol–water partition coefficient (Wildman–Crippen LogP) is 3.00. The van der Waals surface area contributed by atoms with E-state index in [9.17, 15) is 18.3 Å². The predicted molar refractivity (Wildman–Crippen MR) is 70.5 cm³/mol. The van der Waals surface area contributed by atoms with Gasteiger partial charge in [-0.3, -0.25) is 4.98 Å². The summed E-state index contributed by atoms with van der Waals surface area (Å²) in [6, 6.07) is 8.59. The number of fused-ring (bicyclic) bond motifs is 1. The van der Waals surface area contributed by atoms with E-state index in [0.29, 0.717) is 5.75 Å². The van der Waals surface area contributed by atoms with Gasteiger partial charge in [0.05, 0.1) is 6.61 Å². The summed E-state index contributed by atoms with van der Waals surface area (Å²) in [4.78, 5) is 4.12. The maximum atomic E-state index is 12.3. The molecule has 22 heavy (non-hydrogen) atoms. The summed E-state index contributed by atoms with van der Waals surface area (Å²) < 4.78 is 46.3. The van der Waals surface area contributed by atoms with E-state index in [1.54, 1.807) is 12.1 Å². The van der Waals surface area contributed by atoms with Gasteiger partial charge in [0.1, 0.15) is 22.8 Å². The highest BCUT2D eigenvalue weighted by Crippen LogP contribution is 2.41. The van der Waals surface area contributed by atoms with Gasteiger partial charge in [0.15, 0.2) is 0 Å². The van der Waals surface area contributed by atoms with Crippen LogP contribution in [0.3, 0.4) is 0 Å². The number of aliphatic hydroxyl groups is 1. The Balaban J connectivity index is 2.02. The summed E-state index contributed by atoms with van der Waals surface area (Å²) in [7, 11) is 0. The average Bonchev–Trinajstić information content (AvgIpc) is 2.46. The summed E-state index contributed by atoms with van der Waals surface area (Å²) >= 11 is 0. The molecule has 1 aliphatic heterocycles. The molecule has 3 rings (SSSR count). The Morgan fingerprint density at radius 1 is 1.23 bits per heavy atom. The second kappa shape index (κ2) is 5.17. The molecule has 1 aliphatic rings. The van der Waals surface area contributed by atoms with E-state index in [4.69, 9.17) is 4.74 Å². The maximum absolute atomic E-state index is 12.3. The van der Waals surface area contributed by atoms with Gasteiger partial charge in [0, 0.05) is 12.6 Å². The SMILES string of the molecule is O[C@@]1(c2cccc(OC(F)(F)F)c2)CCOc2cccnc21. The van der Waals surface area contributed by atoms with Crippen LogP contribution >= 0.6 is 0 Å². The van der Waals surface area contributed by atoms with Gasteiger partial charge in [-0.1, -0.05) is 12.1 Å². The molecular formula is C15H12F3NO3. The van der Waals surface area contributed by atoms with Crippen molar-refractivity contribution in [3.8, 4) is 11.5 Å². The van der Waals surface area contributed by atoms with Crippen molar-refractivity contribution < 1.29 is 27.8 Å². The highest BCUT2D eigenvalue weighted by molar-refractivity contribution is 5.44. The van der Waals surface area contributed by atoms with Gasteiger partial charge in [-0.25, -0.2) is 0 Å². The monoisotopic (exact) mass is 311 g/mol. The highest BCUT2D eigenvalue weighted by Gasteiger charge is 2.39. The molecule has 4 nitrogen and oxygen atoms in total. The molecule has 2 aromatic rings. The van der Waals surface area contributed by atoms with Crippen LogP contribution in [0.1, 0.15) is 17.7 Å². The lowest BCUT2D eigenvalue weighted by atomic mass is 9.85. The van der Waals surface area contributed by atoms with Crippen LogP contribution < -0.4 is 9.47 Å². The lowest BCUT2D eigenvalue weighted by molar-refractivity contribution is -0.274. The Hall–Kier alpha value is -2.28. The fourth-order valence-corrected chi connectivity index (χ4v) is 2.48. The first kappa shape index (κ1) is 14.6. The highest BCUT2D eigenvalue weighted by atomic mass is 19.4. The van der Waals surface area contributed by atoms with Crippen LogP contribution in [0.5, 0.6) is 11.5 Å². The number of hydrogen-bond acceptors (Lipinski definition) is 4. The minimum Gasteiger partial charge on any atom is -0.491 e. The smallest absolute Gasteiger partial charge is 0.491 e. The number of halogens is 3. The minimum atomic E-state index is -4.78. The molecule has 1 aromatic carbocycles. The lowest BCUT2D eigenvalue weighted by Crippen LogP contribution is -2.35. The van der Waals surface area contributed by atoms with Gasteiger partial charge in [0.25, 0.3) is 0 Å². The van der Waals surface area contributed by atoms with E-state index < -0.39 is 12.0 Å². The van der Waals surface area contributed by atoms with Gasteiger partial charge in [-0.2, -0.15) is 0 Å². The number of pyridine rings is 1. The third-order valence-corrected chi connectivity index (χ3v) is 3.43. The average molecular weight is 311 g/mol. The largest absolute Gasteiger partial charge is 0.573 e. The Morgan fingerprint density at radius 3 is 2.82 bits per heavy atom. The van der Waals surface area contributed by atoms with Crippen LogP contribution in [0, 0.1) is 0 Å². The molecular weight excluding hydrogens is 299 g/mol. The van der Waals surface area contributed by atoms with Gasteiger partial charge in [-0.15, -0.1) is 13.2 Å². The molecule has 0 bridgehead atoms. The number of hydrogen-bond donors (Lipinski definition) is 1. The van der Waals surface area contributed by atoms with E-state index in [0.717, 1.165) is 6.07 Å². The van der Waals surface area contributed by atoms with Crippen LogP contribution in [0.4, 0.5) is 13.2 Å². The first-order valence-corrected chi connectivity index (χ1v) is 6.55. The standard InChI is InChI=1S/C15H12F3NO3/c16-15(17,18)22-11-4-1-3-10(9-11)14(20)6-8-21-12-5-2-7-19-13(12)14/h1-5,7,9,20H,6,8H2/t14-/m1/s1. The Kier molecular flexibility index (Phi) is 3.44. The molecule has 7 heteroatoms. The fraction of sp³-hybridized carbons (Fsp3) is 0.267.